The molecule has 0 aromatic carbocycles. The molecule has 1 saturated heterocycles. The first-order valence-electron chi connectivity index (χ1n) is 2.90. The molecule has 0 N–H and O–H groups in total. The summed E-state index contributed by atoms with van der Waals surface area (Å²) in [6.45, 7) is 0. The average molecular weight is 338 g/mol. The Balaban J connectivity index is 2.06. The van der Waals surface area contributed by atoms with Gasteiger partial charge in [0.1, 0.15) is 0 Å². The van der Waals surface area contributed by atoms with Crippen molar-refractivity contribution in [2.45, 2.75) is 6.42 Å². The summed E-state index contributed by atoms with van der Waals surface area (Å²) >= 11 is 1.32. The molecule has 0 aromatic rings. The Labute approximate surface area is 72.3 Å². The molecule has 1 aliphatic heterocycles. The zero-order valence-electron chi connectivity index (χ0n) is 5.16. The molecule has 1 unspecified atom stereocenters. The summed E-state index contributed by atoms with van der Waals surface area (Å²) in [5, 5.41) is 0. The number of hydrogen-bond acceptors (Lipinski definition) is 0. The summed E-state index contributed by atoms with van der Waals surface area (Å²) in [4.78, 5) is 2.41. The minimum absolute atomic E-state index is 0.612. The van der Waals surface area contributed by atoms with Gasteiger partial charge in [0.15, 0.2) is 0 Å². The SMILES string of the molecule is C[I-]CC1CC[I-]C1. The Morgan fingerprint density at radius 3 is 3.12 bits per heavy atom. The average Bonchev–Trinajstić information content (AvgIpc) is 2.19. The van der Waals surface area contributed by atoms with Crippen molar-refractivity contribution in [1.82, 2.24) is 0 Å². The predicted octanol–water partition coefficient (Wildman–Crippen LogP) is -5.19. The summed E-state index contributed by atoms with van der Waals surface area (Å²) in [6, 6.07) is 0. The summed E-state index contributed by atoms with van der Waals surface area (Å²) < 4.78 is 4.92. The molecule has 1 heterocycles. The van der Waals surface area contributed by atoms with Crippen molar-refractivity contribution in [3.63, 3.8) is 0 Å². The molecule has 0 spiro atoms. The quantitative estimate of drug-likeness (QED) is 0.349. The summed E-state index contributed by atoms with van der Waals surface area (Å²) in [5.41, 5.74) is 0. The maximum atomic E-state index is 2.41. The van der Waals surface area contributed by atoms with Crippen molar-refractivity contribution >= 4 is 0 Å². The van der Waals surface area contributed by atoms with Gasteiger partial charge in [0, 0.05) is 0 Å². The van der Waals surface area contributed by atoms with E-state index in [1.165, 1.54) is 5.92 Å². The van der Waals surface area contributed by atoms with Gasteiger partial charge in [0.05, 0.1) is 0 Å². The summed E-state index contributed by atoms with van der Waals surface area (Å²) in [6.07, 6.45) is 1.60. The van der Waals surface area contributed by atoms with Crippen molar-refractivity contribution in [3.8, 4) is 0 Å². The van der Waals surface area contributed by atoms with Crippen molar-refractivity contribution in [1.29, 1.82) is 0 Å². The van der Waals surface area contributed by atoms with Gasteiger partial charge in [-0.15, -0.1) is 0 Å². The Bertz CT molecular complexity index is 57.5. The standard InChI is InChI=1S/C6H12I2/c1-7-4-6-2-3-8-5-6/h6H,2-5H2,1H3/q-2. The van der Waals surface area contributed by atoms with E-state index in [2.05, 4.69) is 4.93 Å². The Morgan fingerprint density at radius 1 is 1.75 bits per heavy atom. The Hall–Kier alpha value is 1.46. The van der Waals surface area contributed by atoms with Crippen LogP contribution in [0.3, 0.4) is 0 Å². The van der Waals surface area contributed by atoms with E-state index in [4.69, 9.17) is 0 Å². The van der Waals surface area contributed by atoms with E-state index in [1.807, 2.05) is 0 Å². The summed E-state index contributed by atoms with van der Waals surface area (Å²) in [5.74, 6) is 1.21. The van der Waals surface area contributed by atoms with Crippen LogP contribution in [0.25, 0.3) is 0 Å². The Kier molecular flexibility index (Phi) is 4.07. The van der Waals surface area contributed by atoms with Gasteiger partial charge in [-0.3, -0.25) is 0 Å². The van der Waals surface area contributed by atoms with Gasteiger partial charge >= 0.3 is 73.0 Å². The van der Waals surface area contributed by atoms with Crippen LogP contribution in [-0.2, 0) is 0 Å². The third-order valence-corrected chi connectivity index (χ3v) is 6.73. The van der Waals surface area contributed by atoms with Crippen LogP contribution in [0, 0.1) is 5.92 Å². The first-order chi connectivity index (χ1) is 3.93. The fraction of sp³-hybridized carbons (Fsp3) is 1.00. The predicted molar refractivity (Wildman–Crippen MR) is 28.6 cm³/mol. The van der Waals surface area contributed by atoms with Gasteiger partial charge in [0.25, 0.3) is 0 Å². The first kappa shape index (κ1) is 7.57. The van der Waals surface area contributed by atoms with E-state index in [1.54, 1.807) is 19.7 Å². The van der Waals surface area contributed by atoms with Gasteiger partial charge in [-0.25, -0.2) is 0 Å². The fourth-order valence-corrected chi connectivity index (χ4v) is 7.46. The molecule has 0 aliphatic carbocycles. The van der Waals surface area contributed by atoms with Crippen LogP contribution in [0.2, 0.25) is 0 Å². The Morgan fingerprint density at radius 2 is 2.62 bits per heavy atom. The van der Waals surface area contributed by atoms with Crippen molar-refractivity contribution < 1.29 is 42.4 Å². The van der Waals surface area contributed by atoms with Crippen LogP contribution < -0.4 is 42.4 Å². The zero-order valence-corrected chi connectivity index (χ0v) is 9.48. The topological polar surface area (TPSA) is 0 Å². The molecule has 0 aromatic heterocycles. The van der Waals surface area contributed by atoms with Crippen molar-refractivity contribution in [2.75, 3.05) is 18.2 Å². The molecule has 2 heteroatoms. The van der Waals surface area contributed by atoms with E-state index in [0.29, 0.717) is 42.4 Å². The molecule has 1 atom stereocenters. The van der Waals surface area contributed by atoms with E-state index < -0.39 is 0 Å². The molecule has 0 nitrogen and oxygen atoms in total. The monoisotopic (exact) mass is 338 g/mol. The second-order valence-electron chi connectivity index (χ2n) is 2.11. The second-order valence-corrected chi connectivity index (χ2v) is 7.55. The molecule has 1 fully saturated rings. The van der Waals surface area contributed by atoms with Crippen molar-refractivity contribution in [3.05, 3.63) is 0 Å². The zero-order chi connectivity index (χ0) is 5.82. The number of hydrogen-bond donors (Lipinski definition) is 0. The van der Waals surface area contributed by atoms with Gasteiger partial charge in [-0.05, 0) is 0 Å². The fourth-order valence-electron chi connectivity index (χ4n) is 0.877. The van der Waals surface area contributed by atoms with Crippen LogP contribution in [0.5, 0.6) is 0 Å². The normalized spacial score (nSPS) is 30.4. The third-order valence-electron chi connectivity index (χ3n) is 1.35. The molecule has 0 bridgehead atoms. The maximum absolute atomic E-state index is 2.41. The second kappa shape index (κ2) is 4.30. The molecule has 1 aliphatic rings. The number of alkyl halides is 4. The van der Waals surface area contributed by atoms with Crippen LogP contribution in [0.1, 0.15) is 6.42 Å². The molecule has 0 saturated carbocycles. The van der Waals surface area contributed by atoms with Gasteiger partial charge in [-0.2, -0.15) is 0 Å². The molecule has 52 valence electrons. The molecule has 1 rings (SSSR count). The summed E-state index contributed by atoms with van der Waals surface area (Å²) in [7, 11) is 0. The van der Waals surface area contributed by atoms with Gasteiger partial charge < -0.3 is 0 Å². The molecular weight excluding hydrogens is 326 g/mol. The van der Waals surface area contributed by atoms with E-state index in [9.17, 15) is 0 Å². The van der Waals surface area contributed by atoms with Crippen LogP contribution in [0.15, 0.2) is 0 Å². The molecular formula is C6H12I2-2. The van der Waals surface area contributed by atoms with E-state index >= 15 is 0 Å². The number of halogens is 2. The number of rotatable bonds is 2. The molecule has 0 radical (unpaired) electrons. The minimum atomic E-state index is 0.612. The van der Waals surface area contributed by atoms with Crippen LogP contribution in [-0.4, -0.2) is 18.2 Å². The van der Waals surface area contributed by atoms with Gasteiger partial charge in [0.2, 0.25) is 0 Å². The third kappa shape index (κ3) is 2.37. The molecule has 0 amide bonds. The van der Waals surface area contributed by atoms with Crippen molar-refractivity contribution in [2.24, 2.45) is 5.92 Å². The molecule has 8 heavy (non-hydrogen) atoms. The van der Waals surface area contributed by atoms with E-state index in [-0.39, 0.29) is 0 Å². The van der Waals surface area contributed by atoms with Crippen LogP contribution >= 0.6 is 0 Å². The van der Waals surface area contributed by atoms with Crippen LogP contribution in [0.4, 0.5) is 0 Å². The first-order valence-corrected chi connectivity index (χ1v) is 9.64. The van der Waals surface area contributed by atoms with E-state index in [0.717, 1.165) is 0 Å². The van der Waals surface area contributed by atoms with Gasteiger partial charge in [-0.1, -0.05) is 0 Å².